The van der Waals surface area contributed by atoms with Crippen molar-refractivity contribution in [3.63, 3.8) is 0 Å². The number of benzene rings is 1. The van der Waals surface area contributed by atoms with Crippen molar-refractivity contribution in [1.29, 1.82) is 0 Å². The summed E-state index contributed by atoms with van der Waals surface area (Å²) >= 11 is 0. The summed E-state index contributed by atoms with van der Waals surface area (Å²) in [5.41, 5.74) is 0.676. The number of likely N-dealkylation sites (N-methyl/N-ethyl adjacent to an activating group) is 1. The van der Waals surface area contributed by atoms with E-state index < -0.39 is 25.1 Å². The fourth-order valence-electron chi connectivity index (χ4n) is 2.54. The first kappa shape index (κ1) is 21.3. The molecule has 1 aromatic carbocycles. The van der Waals surface area contributed by atoms with E-state index in [1.54, 1.807) is 0 Å². The van der Waals surface area contributed by atoms with Gasteiger partial charge in [-0.1, -0.05) is 12.1 Å². The Labute approximate surface area is 160 Å². The van der Waals surface area contributed by atoms with E-state index in [9.17, 15) is 28.0 Å². The summed E-state index contributed by atoms with van der Waals surface area (Å²) in [5, 5.41) is 0. The van der Waals surface area contributed by atoms with Gasteiger partial charge in [0.15, 0.2) is 6.61 Å². The molecule has 3 amide bonds. The molecule has 0 spiro atoms. The highest BCUT2D eigenvalue weighted by Crippen LogP contribution is 2.16. The van der Waals surface area contributed by atoms with Gasteiger partial charge in [-0.3, -0.25) is 24.1 Å². The van der Waals surface area contributed by atoms with Crippen LogP contribution in [0.3, 0.4) is 0 Å². The topological polar surface area (TPSA) is 93.2 Å². The number of halogens is 2. The Hall–Kier alpha value is -3.04. The van der Waals surface area contributed by atoms with E-state index >= 15 is 0 Å². The van der Waals surface area contributed by atoms with Crippen molar-refractivity contribution in [2.45, 2.75) is 32.4 Å². The number of alkyl halides is 2. The number of carbonyl (C=O) groups is 4. The molecule has 0 bridgehead atoms. The van der Waals surface area contributed by atoms with Crippen LogP contribution in [0.15, 0.2) is 24.3 Å². The van der Waals surface area contributed by atoms with Gasteiger partial charge in [-0.25, -0.2) is 0 Å². The Morgan fingerprint density at radius 2 is 1.75 bits per heavy atom. The third-order valence-electron chi connectivity index (χ3n) is 4.05. The highest BCUT2D eigenvalue weighted by atomic mass is 19.3. The monoisotopic (exact) mass is 398 g/mol. The Bertz CT molecular complexity index is 722. The standard InChI is InChI=1S/C18H20F2N2O6/c1-21(10-12-2-4-13(5-3-12)28-18(19)20)16(25)11-27-17(26)8-9-22-14(23)6-7-15(22)24/h2-5,18H,6-11H2,1H3. The molecule has 10 heteroatoms. The van der Waals surface area contributed by atoms with Crippen LogP contribution in [0.5, 0.6) is 5.75 Å². The second kappa shape index (κ2) is 9.77. The average molecular weight is 398 g/mol. The second-order valence-electron chi connectivity index (χ2n) is 6.12. The van der Waals surface area contributed by atoms with Crippen LogP contribution in [0.1, 0.15) is 24.8 Å². The quantitative estimate of drug-likeness (QED) is 0.460. The van der Waals surface area contributed by atoms with Crippen molar-refractivity contribution in [3.8, 4) is 5.75 Å². The zero-order chi connectivity index (χ0) is 20.7. The van der Waals surface area contributed by atoms with Gasteiger partial charge in [0.05, 0.1) is 6.42 Å². The molecule has 0 atom stereocenters. The lowest BCUT2D eigenvalue weighted by Crippen LogP contribution is -2.33. The largest absolute Gasteiger partial charge is 0.456 e. The molecule has 1 aliphatic heterocycles. The van der Waals surface area contributed by atoms with Crippen molar-refractivity contribution in [1.82, 2.24) is 9.80 Å². The second-order valence-corrected chi connectivity index (χ2v) is 6.12. The Morgan fingerprint density at radius 3 is 2.32 bits per heavy atom. The Balaban J connectivity index is 1.72. The summed E-state index contributed by atoms with van der Waals surface area (Å²) in [6.45, 7) is -3.27. The van der Waals surface area contributed by atoms with Crippen LogP contribution in [0.4, 0.5) is 8.78 Å². The molecule has 152 valence electrons. The van der Waals surface area contributed by atoms with E-state index in [0.717, 1.165) is 4.90 Å². The fraction of sp³-hybridized carbons (Fsp3) is 0.444. The predicted molar refractivity (Wildman–Crippen MR) is 91.1 cm³/mol. The molecule has 1 aliphatic rings. The van der Waals surface area contributed by atoms with E-state index in [2.05, 4.69) is 4.74 Å². The summed E-state index contributed by atoms with van der Waals surface area (Å²) in [6, 6.07) is 5.80. The molecule has 0 aromatic heterocycles. The molecule has 1 fully saturated rings. The van der Waals surface area contributed by atoms with Gasteiger partial charge in [0, 0.05) is 33.0 Å². The van der Waals surface area contributed by atoms with E-state index in [-0.39, 0.29) is 49.9 Å². The van der Waals surface area contributed by atoms with Crippen LogP contribution in [0, 0.1) is 0 Å². The van der Waals surface area contributed by atoms with Crippen molar-refractivity contribution < 1.29 is 37.4 Å². The third-order valence-corrected chi connectivity index (χ3v) is 4.05. The predicted octanol–water partition coefficient (Wildman–Crippen LogP) is 1.33. The van der Waals surface area contributed by atoms with E-state index in [1.807, 2.05) is 0 Å². The van der Waals surface area contributed by atoms with E-state index in [0.29, 0.717) is 5.56 Å². The highest BCUT2D eigenvalue weighted by molar-refractivity contribution is 6.02. The van der Waals surface area contributed by atoms with E-state index in [1.165, 1.54) is 36.2 Å². The SMILES string of the molecule is CN(Cc1ccc(OC(F)F)cc1)C(=O)COC(=O)CCN1C(=O)CCC1=O. The molecule has 1 aromatic rings. The molecule has 28 heavy (non-hydrogen) atoms. The number of carbonyl (C=O) groups excluding carboxylic acids is 4. The van der Waals surface area contributed by atoms with Crippen LogP contribution >= 0.6 is 0 Å². The molecule has 0 unspecified atom stereocenters. The van der Waals surface area contributed by atoms with Gasteiger partial charge in [-0.15, -0.1) is 0 Å². The van der Waals surface area contributed by atoms with Gasteiger partial charge in [-0.2, -0.15) is 8.78 Å². The number of imide groups is 1. The zero-order valence-electron chi connectivity index (χ0n) is 15.2. The van der Waals surface area contributed by atoms with Gasteiger partial charge in [0.25, 0.3) is 5.91 Å². The third kappa shape index (κ3) is 6.29. The Morgan fingerprint density at radius 1 is 1.14 bits per heavy atom. The first-order chi connectivity index (χ1) is 13.3. The normalized spacial score (nSPS) is 13.8. The summed E-state index contributed by atoms with van der Waals surface area (Å²) in [4.78, 5) is 49.0. The maximum atomic E-state index is 12.1. The molecule has 0 radical (unpaired) electrons. The van der Waals surface area contributed by atoms with Gasteiger partial charge in [0.1, 0.15) is 5.75 Å². The van der Waals surface area contributed by atoms with Crippen LogP contribution in [0.2, 0.25) is 0 Å². The minimum Gasteiger partial charge on any atom is -0.456 e. The minimum atomic E-state index is -2.91. The maximum Gasteiger partial charge on any atom is 0.387 e. The van der Waals surface area contributed by atoms with Gasteiger partial charge < -0.3 is 14.4 Å². The maximum absolute atomic E-state index is 12.1. The Kier molecular flexibility index (Phi) is 7.42. The molecular weight excluding hydrogens is 378 g/mol. The van der Waals surface area contributed by atoms with Crippen LogP contribution in [-0.4, -0.2) is 60.3 Å². The molecule has 0 aliphatic carbocycles. The summed E-state index contributed by atoms with van der Waals surface area (Å²) in [7, 11) is 1.50. The number of ether oxygens (including phenoxy) is 2. The fourth-order valence-corrected chi connectivity index (χ4v) is 2.54. The number of rotatable bonds is 9. The smallest absolute Gasteiger partial charge is 0.387 e. The van der Waals surface area contributed by atoms with Crippen LogP contribution in [-0.2, 0) is 30.5 Å². The summed E-state index contributed by atoms with van der Waals surface area (Å²) < 4.78 is 33.3. The first-order valence-electron chi connectivity index (χ1n) is 8.53. The molecule has 0 N–H and O–H groups in total. The zero-order valence-corrected chi connectivity index (χ0v) is 15.2. The lowest BCUT2D eigenvalue weighted by Gasteiger charge is -2.18. The number of likely N-dealkylation sites (tertiary alicyclic amines) is 1. The summed E-state index contributed by atoms with van der Waals surface area (Å²) in [6.07, 6.45) is 0.110. The number of nitrogens with zero attached hydrogens (tertiary/aromatic N) is 2. The summed E-state index contributed by atoms with van der Waals surface area (Å²) in [5.74, 6) is -1.79. The lowest BCUT2D eigenvalue weighted by atomic mass is 10.2. The minimum absolute atomic E-state index is 0.0108. The number of hydrogen-bond acceptors (Lipinski definition) is 6. The van der Waals surface area contributed by atoms with Crippen molar-refractivity contribution in [2.75, 3.05) is 20.2 Å². The average Bonchev–Trinajstić information content (AvgIpc) is 2.97. The molecule has 0 saturated carbocycles. The number of esters is 1. The molecule has 2 rings (SSSR count). The molecule has 8 nitrogen and oxygen atoms in total. The molecular formula is C18H20F2N2O6. The number of amides is 3. The van der Waals surface area contributed by atoms with Crippen LogP contribution < -0.4 is 4.74 Å². The lowest BCUT2D eigenvalue weighted by molar-refractivity contribution is -0.152. The van der Waals surface area contributed by atoms with Crippen LogP contribution in [0.25, 0.3) is 0 Å². The van der Waals surface area contributed by atoms with Crippen molar-refractivity contribution in [2.24, 2.45) is 0 Å². The van der Waals surface area contributed by atoms with Gasteiger partial charge in [-0.05, 0) is 17.7 Å². The molecule has 1 heterocycles. The van der Waals surface area contributed by atoms with Gasteiger partial charge >= 0.3 is 12.6 Å². The molecule has 1 saturated heterocycles. The first-order valence-corrected chi connectivity index (χ1v) is 8.53. The highest BCUT2D eigenvalue weighted by Gasteiger charge is 2.29. The van der Waals surface area contributed by atoms with E-state index in [4.69, 9.17) is 4.74 Å². The van der Waals surface area contributed by atoms with Crippen molar-refractivity contribution >= 4 is 23.7 Å². The number of hydrogen-bond donors (Lipinski definition) is 0. The van der Waals surface area contributed by atoms with Gasteiger partial charge in [0.2, 0.25) is 11.8 Å². The van der Waals surface area contributed by atoms with Crippen molar-refractivity contribution in [3.05, 3.63) is 29.8 Å².